The smallest absolute Gasteiger partial charge is 0.347 e. The van der Waals surface area contributed by atoms with E-state index in [1.165, 1.54) is 41.8 Å². The van der Waals surface area contributed by atoms with Gasteiger partial charge in [-0.3, -0.25) is 28.9 Å². The normalized spacial score (nSPS) is 18.6. The number of nitrogens with one attached hydrogen (secondary N) is 2. The molecule has 0 radical (unpaired) electrons. The van der Waals surface area contributed by atoms with Crippen LogP contribution in [0.5, 0.6) is 0 Å². The molecule has 0 spiro atoms. The van der Waals surface area contributed by atoms with Crippen molar-refractivity contribution >= 4 is 34.9 Å². The minimum atomic E-state index is -3.50. The second-order valence-electron chi connectivity index (χ2n) is 15.0. The van der Waals surface area contributed by atoms with Crippen molar-refractivity contribution in [2.75, 3.05) is 21.1 Å². The first kappa shape index (κ1) is 45.8. The molecule has 0 aromatic heterocycles. The molecule has 0 saturated heterocycles. The molecule has 0 bridgehead atoms. The molecule has 288 valence electrons. The highest BCUT2D eigenvalue weighted by atomic mass is 16.6. The average molecular weight is 720 g/mol. The summed E-state index contributed by atoms with van der Waals surface area (Å²) < 4.78 is 5.36. The standard InChI is InChI=1S/C38H61N3O10/c1-13-23(3)29(39-10)27(42)20-38(50,34(47)51-35(6,7)8)33(46)37(49,32(45)30(40-11)24(4)14-2)21-28(43)36(9,48)31(44)25(5)41(12)22-26-18-16-15-17-19-26/h15-19,23-25,29-30,39-40,48-50H,13-14,20-22H2,1-12H3/t23?,24?,25-,29-,30-,36?,37?,38?/m0/s1. The number of esters is 1. The van der Waals surface area contributed by atoms with Gasteiger partial charge in [0.2, 0.25) is 11.4 Å². The summed E-state index contributed by atoms with van der Waals surface area (Å²) in [5, 5.41) is 41.2. The van der Waals surface area contributed by atoms with Crippen molar-refractivity contribution < 1.29 is 48.8 Å². The van der Waals surface area contributed by atoms with E-state index < -0.39 is 94.2 Å². The van der Waals surface area contributed by atoms with Crippen LogP contribution in [0.3, 0.4) is 0 Å². The highest BCUT2D eigenvalue weighted by Gasteiger charge is 2.62. The molecule has 13 heteroatoms. The second-order valence-corrected chi connectivity index (χ2v) is 15.0. The molecule has 0 fully saturated rings. The number of hydrogen-bond acceptors (Lipinski definition) is 13. The topological polar surface area (TPSA) is 200 Å². The van der Waals surface area contributed by atoms with Crippen LogP contribution in [-0.4, -0.2) is 117 Å². The lowest BCUT2D eigenvalue weighted by Gasteiger charge is -2.38. The molecule has 8 atom stereocenters. The maximum atomic E-state index is 14.6. The fourth-order valence-corrected chi connectivity index (χ4v) is 5.91. The van der Waals surface area contributed by atoms with Gasteiger partial charge in [-0.25, -0.2) is 4.79 Å². The Bertz CT molecular complexity index is 1390. The van der Waals surface area contributed by atoms with Crippen LogP contribution < -0.4 is 10.6 Å². The van der Waals surface area contributed by atoms with Crippen LogP contribution in [0.4, 0.5) is 0 Å². The number of aliphatic hydroxyl groups is 3. The SMILES string of the molecule is CCC(C)[C@H](NC)C(=O)CC(O)(C(=O)OC(C)(C)C)C(=O)C(O)(CC(=O)C(C)(O)C(=O)[C@H](C)N(C)Cc1ccccc1)C(=O)[C@@H](NC)C(C)CC. The van der Waals surface area contributed by atoms with E-state index in [4.69, 9.17) is 4.74 Å². The maximum Gasteiger partial charge on any atom is 0.347 e. The zero-order valence-electron chi connectivity index (χ0n) is 32.5. The Morgan fingerprint density at radius 2 is 1.25 bits per heavy atom. The summed E-state index contributed by atoms with van der Waals surface area (Å²) in [6, 6.07) is 5.84. The minimum absolute atomic E-state index is 0.277. The lowest BCUT2D eigenvalue weighted by molar-refractivity contribution is -0.190. The molecule has 0 aliphatic carbocycles. The number of likely N-dealkylation sites (N-methyl/N-ethyl adjacent to an activating group) is 3. The number of benzene rings is 1. The van der Waals surface area contributed by atoms with Crippen molar-refractivity contribution in [3.63, 3.8) is 0 Å². The molecule has 0 saturated carbocycles. The summed E-state index contributed by atoms with van der Waals surface area (Å²) in [5.41, 5.74) is -10.2. The predicted molar refractivity (Wildman–Crippen MR) is 193 cm³/mol. The first-order chi connectivity index (χ1) is 23.4. The Balaban J connectivity index is 3.85. The summed E-state index contributed by atoms with van der Waals surface area (Å²) >= 11 is 0. The lowest BCUT2D eigenvalue weighted by atomic mass is 9.71. The van der Waals surface area contributed by atoms with Crippen LogP contribution in [0.15, 0.2) is 30.3 Å². The fourth-order valence-electron chi connectivity index (χ4n) is 5.91. The number of nitrogens with zero attached hydrogens (tertiary/aromatic N) is 1. The van der Waals surface area contributed by atoms with E-state index >= 15 is 0 Å². The summed E-state index contributed by atoms with van der Waals surface area (Å²) in [6.45, 7) is 13.9. The van der Waals surface area contributed by atoms with Crippen LogP contribution >= 0.6 is 0 Å². The third kappa shape index (κ3) is 11.1. The summed E-state index contributed by atoms with van der Waals surface area (Å²) in [5.74, 6) is -8.84. The third-order valence-corrected chi connectivity index (χ3v) is 9.76. The number of Topliss-reactive ketones (excluding diaryl/α,β-unsaturated/α-hetero) is 5. The predicted octanol–water partition coefficient (Wildman–Crippen LogP) is 1.96. The molecule has 0 heterocycles. The molecule has 0 amide bonds. The molecular formula is C38H61N3O10. The Morgan fingerprint density at radius 1 is 0.765 bits per heavy atom. The molecule has 1 aromatic rings. The number of ketones is 5. The molecule has 51 heavy (non-hydrogen) atoms. The van der Waals surface area contributed by atoms with Gasteiger partial charge < -0.3 is 30.7 Å². The first-order valence-electron chi connectivity index (χ1n) is 17.6. The van der Waals surface area contributed by atoms with Gasteiger partial charge in [-0.15, -0.1) is 0 Å². The highest BCUT2D eigenvalue weighted by molar-refractivity contribution is 6.25. The van der Waals surface area contributed by atoms with E-state index in [1.807, 2.05) is 37.3 Å². The van der Waals surface area contributed by atoms with Gasteiger partial charge in [0, 0.05) is 6.54 Å². The van der Waals surface area contributed by atoms with E-state index in [0.29, 0.717) is 12.8 Å². The zero-order valence-corrected chi connectivity index (χ0v) is 32.5. The number of hydrogen-bond donors (Lipinski definition) is 5. The van der Waals surface area contributed by atoms with E-state index in [0.717, 1.165) is 12.5 Å². The van der Waals surface area contributed by atoms with E-state index in [2.05, 4.69) is 10.6 Å². The number of carbonyl (C=O) groups excluding carboxylic acids is 6. The van der Waals surface area contributed by atoms with Crippen molar-refractivity contribution in [3.8, 4) is 0 Å². The van der Waals surface area contributed by atoms with Crippen molar-refractivity contribution in [1.82, 2.24) is 15.5 Å². The zero-order chi connectivity index (χ0) is 39.7. The monoisotopic (exact) mass is 719 g/mol. The number of carbonyl (C=O) groups is 6. The van der Waals surface area contributed by atoms with Gasteiger partial charge in [-0.05, 0) is 73.2 Å². The molecule has 5 unspecified atom stereocenters. The number of ether oxygens (including phenoxy) is 1. The summed E-state index contributed by atoms with van der Waals surface area (Å²) in [7, 11) is 4.49. The van der Waals surface area contributed by atoms with Gasteiger partial charge in [-0.2, -0.15) is 0 Å². The van der Waals surface area contributed by atoms with Gasteiger partial charge in [0.1, 0.15) is 5.60 Å². The fraction of sp³-hybridized carbons (Fsp3) is 0.684. The molecule has 0 aliphatic heterocycles. The van der Waals surface area contributed by atoms with Crippen molar-refractivity contribution in [2.24, 2.45) is 11.8 Å². The van der Waals surface area contributed by atoms with E-state index in [-0.39, 0.29) is 12.5 Å². The molecule has 0 aliphatic rings. The van der Waals surface area contributed by atoms with Crippen LogP contribution in [-0.2, 0) is 40.0 Å². The molecule has 5 N–H and O–H groups in total. The van der Waals surface area contributed by atoms with Gasteiger partial charge >= 0.3 is 5.97 Å². The van der Waals surface area contributed by atoms with Crippen LogP contribution in [0.2, 0.25) is 0 Å². The van der Waals surface area contributed by atoms with Gasteiger partial charge in [0.05, 0.1) is 31.0 Å². The Hall–Kier alpha value is -3.20. The summed E-state index contributed by atoms with van der Waals surface area (Å²) in [6.07, 6.45) is -1.82. The van der Waals surface area contributed by atoms with E-state index in [1.54, 1.807) is 32.7 Å². The average Bonchev–Trinajstić information content (AvgIpc) is 3.06. The van der Waals surface area contributed by atoms with Crippen molar-refractivity contribution in [1.29, 1.82) is 0 Å². The lowest BCUT2D eigenvalue weighted by Crippen LogP contribution is -2.67. The van der Waals surface area contributed by atoms with Gasteiger partial charge in [-0.1, -0.05) is 70.9 Å². The number of rotatable bonds is 22. The maximum absolute atomic E-state index is 14.6. The minimum Gasteiger partial charge on any atom is -0.457 e. The summed E-state index contributed by atoms with van der Waals surface area (Å²) in [4.78, 5) is 85.4. The first-order valence-corrected chi connectivity index (χ1v) is 17.6. The third-order valence-electron chi connectivity index (χ3n) is 9.76. The van der Waals surface area contributed by atoms with Crippen molar-refractivity contribution in [2.45, 2.75) is 135 Å². The van der Waals surface area contributed by atoms with Crippen LogP contribution in [0, 0.1) is 11.8 Å². The second kappa shape index (κ2) is 18.5. The van der Waals surface area contributed by atoms with Crippen LogP contribution in [0.25, 0.3) is 0 Å². The van der Waals surface area contributed by atoms with Crippen molar-refractivity contribution in [3.05, 3.63) is 35.9 Å². The van der Waals surface area contributed by atoms with Gasteiger partial charge in [0.15, 0.2) is 34.3 Å². The van der Waals surface area contributed by atoms with E-state index in [9.17, 15) is 44.1 Å². The quantitative estimate of drug-likeness (QED) is 0.0862. The van der Waals surface area contributed by atoms with Gasteiger partial charge in [0.25, 0.3) is 0 Å². The molecular weight excluding hydrogens is 658 g/mol. The molecule has 1 aromatic carbocycles. The molecule has 13 nitrogen and oxygen atoms in total. The van der Waals surface area contributed by atoms with Crippen LogP contribution in [0.1, 0.15) is 93.6 Å². The largest absolute Gasteiger partial charge is 0.457 e. The Morgan fingerprint density at radius 3 is 1.71 bits per heavy atom. The Labute approximate surface area is 302 Å². The molecule has 1 rings (SSSR count). The highest BCUT2D eigenvalue weighted by Crippen LogP contribution is 2.33. The Kier molecular flexibility index (Phi) is 16.6.